The second-order valence-corrected chi connectivity index (χ2v) is 5.43. The van der Waals surface area contributed by atoms with E-state index in [9.17, 15) is 14.3 Å². The molecule has 2 N–H and O–H groups in total. The maximum Gasteiger partial charge on any atom is 0.237 e. The zero-order chi connectivity index (χ0) is 15.3. The van der Waals surface area contributed by atoms with Crippen LogP contribution >= 0.6 is 0 Å². The number of carbonyl (C=O) groups is 1. The lowest BCUT2D eigenvalue weighted by molar-refractivity contribution is -0.127. The number of carbonyl (C=O) groups excluding carboxylic acids is 1. The molecule has 0 saturated carbocycles. The van der Waals surface area contributed by atoms with Crippen molar-refractivity contribution in [3.05, 3.63) is 35.6 Å². The molecule has 5 heteroatoms. The summed E-state index contributed by atoms with van der Waals surface area (Å²) >= 11 is 0. The van der Waals surface area contributed by atoms with Crippen LogP contribution < -0.4 is 5.32 Å². The van der Waals surface area contributed by atoms with E-state index < -0.39 is 11.9 Å². The van der Waals surface area contributed by atoms with Gasteiger partial charge in [0.15, 0.2) is 0 Å². The molecule has 1 aromatic carbocycles. The summed E-state index contributed by atoms with van der Waals surface area (Å²) < 4.78 is 13.5. The molecule has 0 fully saturated rings. The molecule has 1 amide bonds. The van der Waals surface area contributed by atoms with E-state index >= 15 is 0 Å². The first-order valence-corrected chi connectivity index (χ1v) is 6.71. The average molecular weight is 282 g/mol. The Kier molecular flexibility index (Phi) is 6.10. The SMILES string of the molecule is CC(C)C(C(=O)NCC(O)c1ccccc1F)N(C)C. The van der Waals surface area contributed by atoms with Crippen molar-refractivity contribution in [2.75, 3.05) is 20.6 Å². The first-order valence-electron chi connectivity index (χ1n) is 6.71. The van der Waals surface area contributed by atoms with E-state index in [0.29, 0.717) is 0 Å². The van der Waals surface area contributed by atoms with Crippen molar-refractivity contribution in [1.29, 1.82) is 0 Å². The average Bonchev–Trinajstić information content (AvgIpc) is 2.35. The fourth-order valence-corrected chi connectivity index (χ4v) is 2.29. The highest BCUT2D eigenvalue weighted by molar-refractivity contribution is 5.82. The number of aliphatic hydroxyl groups is 1. The van der Waals surface area contributed by atoms with Crippen LogP contribution in [0.4, 0.5) is 4.39 Å². The van der Waals surface area contributed by atoms with Crippen LogP contribution in [0.5, 0.6) is 0 Å². The van der Waals surface area contributed by atoms with Crippen molar-refractivity contribution in [2.45, 2.75) is 26.0 Å². The van der Waals surface area contributed by atoms with Crippen LogP contribution in [0, 0.1) is 11.7 Å². The van der Waals surface area contributed by atoms with Gasteiger partial charge in [-0.3, -0.25) is 9.69 Å². The zero-order valence-corrected chi connectivity index (χ0v) is 12.4. The smallest absolute Gasteiger partial charge is 0.237 e. The second kappa shape index (κ2) is 7.36. The molecule has 112 valence electrons. The Morgan fingerprint density at radius 3 is 2.45 bits per heavy atom. The topological polar surface area (TPSA) is 52.6 Å². The highest BCUT2D eigenvalue weighted by Crippen LogP contribution is 2.16. The van der Waals surface area contributed by atoms with Crippen LogP contribution in [0.2, 0.25) is 0 Å². The molecule has 1 aromatic rings. The van der Waals surface area contributed by atoms with Gasteiger partial charge in [-0.25, -0.2) is 4.39 Å². The van der Waals surface area contributed by atoms with Gasteiger partial charge >= 0.3 is 0 Å². The van der Waals surface area contributed by atoms with E-state index in [1.165, 1.54) is 12.1 Å². The fraction of sp³-hybridized carbons (Fsp3) is 0.533. The Morgan fingerprint density at radius 1 is 1.35 bits per heavy atom. The molecule has 0 aromatic heterocycles. The minimum absolute atomic E-state index is 0.00315. The van der Waals surface area contributed by atoms with Gasteiger partial charge in [-0.05, 0) is 26.1 Å². The van der Waals surface area contributed by atoms with Gasteiger partial charge in [0.25, 0.3) is 0 Å². The Balaban J connectivity index is 2.63. The maximum absolute atomic E-state index is 13.5. The van der Waals surface area contributed by atoms with Gasteiger partial charge in [0.2, 0.25) is 5.91 Å². The molecule has 0 aliphatic carbocycles. The number of rotatable bonds is 6. The number of nitrogens with zero attached hydrogens (tertiary/aromatic N) is 1. The van der Waals surface area contributed by atoms with E-state index in [-0.39, 0.29) is 30.0 Å². The molecule has 4 nitrogen and oxygen atoms in total. The minimum Gasteiger partial charge on any atom is -0.386 e. The number of hydrogen-bond acceptors (Lipinski definition) is 3. The van der Waals surface area contributed by atoms with Gasteiger partial charge in [-0.15, -0.1) is 0 Å². The van der Waals surface area contributed by atoms with Gasteiger partial charge < -0.3 is 10.4 Å². The summed E-state index contributed by atoms with van der Waals surface area (Å²) in [5, 5.41) is 12.6. The van der Waals surface area contributed by atoms with Gasteiger partial charge in [-0.2, -0.15) is 0 Å². The van der Waals surface area contributed by atoms with Crippen LogP contribution in [0.3, 0.4) is 0 Å². The van der Waals surface area contributed by atoms with Crippen molar-refractivity contribution in [2.24, 2.45) is 5.92 Å². The molecule has 0 radical (unpaired) electrons. The highest BCUT2D eigenvalue weighted by atomic mass is 19.1. The van der Waals surface area contributed by atoms with Gasteiger partial charge in [0.05, 0.1) is 12.1 Å². The molecular formula is C15H23FN2O2. The van der Waals surface area contributed by atoms with Crippen molar-refractivity contribution in [3.8, 4) is 0 Å². The number of amides is 1. The first kappa shape index (κ1) is 16.6. The Hall–Kier alpha value is -1.46. The summed E-state index contributed by atoms with van der Waals surface area (Å²) in [6.07, 6.45) is -1.05. The molecule has 0 heterocycles. The lowest BCUT2D eigenvalue weighted by atomic mass is 10.0. The molecule has 0 bridgehead atoms. The Labute approximate surface area is 119 Å². The zero-order valence-electron chi connectivity index (χ0n) is 12.4. The molecule has 0 aliphatic rings. The summed E-state index contributed by atoms with van der Waals surface area (Å²) in [6.45, 7) is 3.91. The van der Waals surface area contributed by atoms with E-state index in [2.05, 4.69) is 5.32 Å². The molecule has 0 spiro atoms. The highest BCUT2D eigenvalue weighted by Gasteiger charge is 2.24. The third-order valence-electron chi connectivity index (χ3n) is 3.19. The van der Waals surface area contributed by atoms with Crippen molar-refractivity contribution < 1.29 is 14.3 Å². The fourth-order valence-electron chi connectivity index (χ4n) is 2.29. The van der Waals surface area contributed by atoms with Gasteiger partial charge in [0.1, 0.15) is 5.82 Å². The third-order valence-corrected chi connectivity index (χ3v) is 3.19. The monoisotopic (exact) mass is 282 g/mol. The predicted octanol–water partition coefficient (Wildman–Crippen LogP) is 1.56. The summed E-state index contributed by atoms with van der Waals surface area (Å²) in [5.41, 5.74) is 0.193. The normalized spacial score (nSPS) is 14.4. The molecular weight excluding hydrogens is 259 g/mol. The van der Waals surface area contributed by atoms with Gasteiger partial charge in [-0.1, -0.05) is 32.0 Å². The summed E-state index contributed by atoms with van der Waals surface area (Å²) in [4.78, 5) is 13.9. The molecule has 0 aliphatic heterocycles. The Bertz CT molecular complexity index is 441. The summed E-state index contributed by atoms with van der Waals surface area (Å²) in [6, 6.07) is 5.74. The van der Waals surface area contributed by atoms with E-state index in [1.807, 2.05) is 32.8 Å². The van der Waals surface area contributed by atoms with Gasteiger partial charge in [0, 0.05) is 12.1 Å². The summed E-state index contributed by atoms with van der Waals surface area (Å²) in [5.74, 6) is -0.488. The minimum atomic E-state index is -1.05. The lowest BCUT2D eigenvalue weighted by Gasteiger charge is -2.27. The van der Waals surface area contributed by atoms with Crippen LogP contribution in [-0.4, -0.2) is 42.6 Å². The largest absolute Gasteiger partial charge is 0.386 e. The summed E-state index contributed by atoms with van der Waals surface area (Å²) in [7, 11) is 3.66. The molecule has 1 rings (SSSR count). The van der Waals surface area contributed by atoms with Crippen LogP contribution in [-0.2, 0) is 4.79 Å². The number of hydrogen-bond donors (Lipinski definition) is 2. The number of nitrogens with one attached hydrogen (secondary N) is 1. The number of aliphatic hydroxyl groups excluding tert-OH is 1. The van der Waals surface area contributed by atoms with Crippen molar-refractivity contribution in [3.63, 3.8) is 0 Å². The molecule has 2 unspecified atom stereocenters. The van der Waals surface area contributed by atoms with E-state index in [4.69, 9.17) is 0 Å². The number of halogens is 1. The van der Waals surface area contributed by atoms with Crippen LogP contribution in [0.25, 0.3) is 0 Å². The standard InChI is InChI=1S/C15H23FN2O2/c1-10(2)14(18(3)4)15(20)17-9-13(19)11-7-5-6-8-12(11)16/h5-8,10,13-14,19H,9H2,1-4H3,(H,17,20). The van der Waals surface area contributed by atoms with Crippen LogP contribution in [0.1, 0.15) is 25.5 Å². The predicted molar refractivity (Wildman–Crippen MR) is 76.7 cm³/mol. The molecule has 20 heavy (non-hydrogen) atoms. The maximum atomic E-state index is 13.5. The molecule has 2 atom stereocenters. The lowest BCUT2D eigenvalue weighted by Crippen LogP contribution is -2.47. The third kappa shape index (κ3) is 4.28. The van der Waals surface area contributed by atoms with Crippen LogP contribution in [0.15, 0.2) is 24.3 Å². The first-order chi connectivity index (χ1) is 9.34. The van der Waals surface area contributed by atoms with E-state index in [1.54, 1.807) is 12.1 Å². The number of benzene rings is 1. The van der Waals surface area contributed by atoms with Crippen molar-refractivity contribution >= 4 is 5.91 Å². The van der Waals surface area contributed by atoms with Crippen molar-refractivity contribution in [1.82, 2.24) is 10.2 Å². The molecule has 0 saturated heterocycles. The Morgan fingerprint density at radius 2 is 1.95 bits per heavy atom. The van der Waals surface area contributed by atoms with E-state index in [0.717, 1.165) is 0 Å². The quantitative estimate of drug-likeness (QED) is 0.832. The second-order valence-electron chi connectivity index (χ2n) is 5.43. The number of likely N-dealkylation sites (N-methyl/N-ethyl adjacent to an activating group) is 1.